The van der Waals surface area contributed by atoms with Gasteiger partial charge in [0.2, 0.25) is 0 Å². The Hall–Kier alpha value is -7.56. The summed E-state index contributed by atoms with van der Waals surface area (Å²) in [6.07, 6.45) is 8.32. The van der Waals surface area contributed by atoms with Gasteiger partial charge in [-0.05, 0) is 91.0 Å². The molecule has 0 N–H and O–H groups in total. The molecule has 0 bridgehead atoms. The van der Waals surface area contributed by atoms with Crippen LogP contribution in [0.2, 0.25) is 0 Å². The molecule has 3 aliphatic carbocycles. The average Bonchev–Trinajstić information content (AvgIpc) is 3.66. The molecule has 0 radical (unpaired) electrons. The standard InChI is InChI=1S/C56H38N4/c1-55(2)46-23-13-10-20-41(46)43-31-50-44(30-49(43)55)42-21-11-14-24-47(42)56(50)45-22-12-9-15-35(45)25-26-36-27-28-39(29-48(36)56)54-59-51(37-16-5-3-6-17-37)32-52(60-54)40-33-57-53(58-34-40)38-18-7-4-8-19-38/h3-34H,1-2H3. The van der Waals surface area contributed by atoms with E-state index in [1.54, 1.807) is 0 Å². The molecule has 4 heteroatoms. The first-order valence-corrected chi connectivity index (χ1v) is 20.6. The second-order valence-electron chi connectivity index (χ2n) is 16.6. The first-order valence-electron chi connectivity index (χ1n) is 20.6. The van der Waals surface area contributed by atoms with Crippen molar-refractivity contribution < 1.29 is 0 Å². The first-order chi connectivity index (χ1) is 29.5. The van der Waals surface area contributed by atoms with E-state index in [2.05, 4.69) is 153 Å². The summed E-state index contributed by atoms with van der Waals surface area (Å²) in [4.78, 5) is 20.2. The first kappa shape index (κ1) is 34.5. The van der Waals surface area contributed by atoms with Crippen molar-refractivity contribution in [3.8, 4) is 67.5 Å². The molecule has 0 fully saturated rings. The van der Waals surface area contributed by atoms with E-state index in [9.17, 15) is 0 Å². The fraction of sp³-hybridized carbons (Fsp3) is 0.0714. The van der Waals surface area contributed by atoms with Crippen LogP contribution in [0.1, 0.15) is 58.4 Å². The minimum atomic E-state index is -0.616. The van der Waals surface area contributed by atoms with Gasteiger partial charge in [-0.15, -0.1) is 0 Å². The van der Waals surface area contributed by atoms with E-state index in [1.165, 1.54) is 66.8 Å². The highest BCUT2D eigenvalue weighted by Crippen LogP contribution is 2.61. The summed E-state index contributed by atoms with van der Waals surface area (Å²) in [6.45, 7) is 4.74. The Morgan fingerprint density at radius 3 is 1.63 bits per heavy atom. The zero-order valence-electron chi connectivity index (χ0n) is 33.3. The normalized spacial score (nSPS) is 16.0. The topological polar surface area (TPSA) is 51.6 Å². The highest BCUT2D eigenvalue weighted by atomic mass is 14.9. The zero-order valence-corrected chi connectivity index (χ0v) is 33.3. The van der Waals surface area contributed by atoms with Crippen molar-refractivity contribution in [3.63, 3.8) is 0 Å². The van der Waals surface area contributed by atoms with Crippen LogP contribution in [0.3, 0.4) is 0 Å². The lowest BCUT2D eigenvalue weighted by molar-refractivity contribution is 0.660. The van der Waals surface area contributed by atoms with Gasteiger partial charge in [0.15, 0.2) is 11.6 Å². The summed E-state index contributed by atoms with van der Waals surface area (Å²) in [5.74, 6) is 1.32. The minimum Gasteiger partial charge on any atom is -0.236 e. The molecule has 60 heavy (non-hydrogen) atoms. The van der Waals surface area contributed by atoms with Crippen molar-refractivity contribution >= 4 is 12.2 Å². The van der Waals surface area contributed by atoms with Crippen LogP contribution in [0.4, 0.5) is 0 Å². The van der Waals surface area contributed by atoms with Gasteiger partial charge in [0.1, 0.15) is 0 Å². The van der Waals surface area contributed by atoms with Gasteiger partial charge in [0, 0.05) is 40.1 Å². The fourth-order valence-electron chi connectivity index (χ4n) is 10.2. The third-order valence-electron chi connectivity index (χ3n) is 13.0. The Balaban J connectivity index is 1.11. The number of nitrogens with zero attached hydrogens (tertiary/aromatic N) is 4. The maximum Gasteiger partial charge on any atom is 0.160 e. The highest BCUT2D eigenvalue weighted by molar-refractivity contribution is 5.95. The van der Waals surface area contributed by atoms with Gasteiger partial charge in [-0.1, -0.05) is 172 Å². The largest absolute Gasteiger partial charge is 0.236 e. The molecule has 0 saturated heterocycles. The fourth-order valence-corrected chi connectivity index (χ4v) is 10.2. The predicted molar refractivity (Wildman–Crippen MR) is 243 cm³/mol. The molecule has 2 aromatic heterocycles. The molecule has 0 saturated carbocycles. The van der Waals surface area contributed by atoms with Crippen LogP contribution in [-0.2, 0) is 10.8 Å². The van der Waals surface area contributed by atoms with Crippen LogP contribution >= 0.6 is 0 Å². The molecule has 7 aromatic carbocycles. The summed E-state index contributed by atoms with van der Waals surface area (Å²) in [5.41, 5.74) is 20.0. The molecule has 1 spiro atoms. The molecule has 4 nitrogen and oxygen atoms in total. The van der Waals surface area contributed by atoms with E-state index in [-0.39, 0.29) is 5.41 Å². The molecule has 3 aliphatic rings. The molecular formula is C56H38N4. The van der Waals surface area contributed by atoms with E-state index in [0.717, 1.165) is 33.6 Å². The van der Waals surface area contributed by atoms with E-state index in [0.29, 0.717) is 11.6 Å². The summed E-state index contributed by atoms with van der Waals surface area (Å²) in [6, 6.07) is 61.2. The zero-order chi connectivity index (χ0) is 40.0. The molecule has 0 amide bonds. The van der Waals surface area contributed by atoms with Crippen molar-refractivity contribution in [3.05, 3.63) is 227 Å². The van der Waals surface area contributed by atoms with Gasteiger partial charge in [-0.2, -0.15) is 0 Å². The molecular weight excluding hydrogens is 729 g/mol. The van der Waals surface area contributed by atoms with E-state index < -0.39 is 5.41 Å². The second-order valence-corrected chi connectivity index (χ2v) is 16.6. The molecule has 1 unspecified atom stereocenters. The quantitative estimate of drug-likeness (QED) is 0.179. The Morgan fingerprint density at radius 1 is 0.350 bits per heavy atom. The molecule has 1 atom stereocenters. The second kappa shape index (κ2) is 13.0. The van der Waals surface area contributed by atoms with Crippen molar-refractivity contribution in [2.45, 2.75) is 24.7 Å². The Morgan fingerprint density at radius 2 is 0.900 bits per heavy atom. The monoisotopic (exact) mass is 766 g/mol. The molecule has 9 aromatic rings. The van der Waals surface area contributed by atoms with Crippen LogP contribution in [0, 0.1) is 0 Å². The van der Waals surface area contributed by atoms with Crippen LogP contribution in [0.15, 0.2) is 182 Å². The molecule has 282 valence electrons. The number of fused-ring (bicyclic) bond motifs is 12. The highest BCUT2D eigenvalue weighted by Gasteiger charge is 2.50. The summed E-state index contributed by atoms with van der Waals surface area (Å²) < 4.78 is 0. The number of hydrogen-bond donors (Lipinski definition) is 0. The lowest BCUT2D eigenvalue weighted by Crippen LogP contribution is -2.30. The van der Waals surface area contributed by atoms with E-state index in [1.807, 2.05) is 54.9 Å². The lowest BCUT2D eigenvalue weighted by atomic mass is 9.65. The Bertz CT molecular complexity index is 3220. The van der Waals surface area contributed by atoms with E-state index >= 15 is 0 Å². The third kappa shape index (κ3) is 4.97. The van der Waals surface area contributed by atoms with Gasteiger partial charge in [0.05, 0.1) is 16.8 Å². The number of rotatable bonds is 4. The van der Waals surface area contributed by atoms with Crippen molar-refractivity contribution in [1.29, 1.82) is 0 Å². The third-order valence-corrected chi connectivity index (χ3v) is 13.0. The minimum absolute atomic E-state index is 0.120. The summed E-state index contributed by atoms with van der Waals surface area (Å²) in [7, 11) is 0. The van der Waals surface area contributed by atoms with Crippen LogP contribution < -0.4 is 0 Å². The smallest absolute Gasteiger partial charge is 0.160 e. The van der Waals surface area contributed by atoms with Crippen LogP contribution in [-0.4, -0.2) is 19.9 Å². The number of aromatic nitrogens is 4. The van der Waals surface area contributed by atoms with Crippen LogP contribution in [0.25, 0.3) is 79.7 Å². The number of benzene rings is 7. The van der Waals surface area contributed by atoms with E-state index in [4.69, 9.17) is 19.9 Å². The Kier molecular flexibility index (Phi) is 7.45. The van der Waals surface area contributed by atoms with Crippen molar-refractivity contribution in [2.75, 3.05) is 0 Å². The Labute approximate surface area is 349 Å². The summed E-state index contributed by atoms with van der Waals surface area (Å²) >= 11 is 0. The van der Waals surface area contributed by atoms with Gasteiger partial charge >= 0.3 is 0 Å². The molecule has 0 aliphatic heterocycles. The lowest BCUT2D eigenvalue weighted by Gasteiger charge is -2.36. The van der Waals surface area contributed by atoms with Gasteiger partial charge < -0.3 is 0 Å². The van der Waals surface area contributed by atoms with Gasteiger partial charge in [-0.3, -0.25) is 0 Å². The average molecular weight is 767 g/mol. The molecule has 12 rings (SSSR count). The van der Waals surface area contributed by atoms with Gasteiger partial charge in [-0.25, -0.2) is 19.9 Å². The SMILES string of the molecule is CC1(C)c2ccccc2-c2cc3c(cc21)-c1ccccc1C31c2ccccc2C=Cc2ccc(-c3nc(-c4ccccc4)cc(-c4cnc(-c5ccccc5)nc4)n3)cc21. The predicted octanol–water partition coefficient (Wildman–Crippen LogP) is 13.1. The van der Waals surface area contributed by atoms with Crippen molar-refractivity contribution in [2.24, 2.45) is 0 Å². The molecule has 2 heterocycles. The maximum absolute atomic E-state index is 5.30. The summed E-state index contributed by atoms with van der Waals surface area (Å²) in [5, 5.41) is 0. The van der Waals surface area contributed by atoms with Crippen molar-refractivity contribution in [1.82, 2.24) is 19.9 Å². The van der Waals surface area contributed by atoms with Gasteiger partial charge in [0.25, 0.3) is 0 Å². The van der Waals surface area contributed by atoms with Crippen LogP contribution in [0.5, 0.6) is 0 Å². The maximum atomic E-state index is 5.30. The number of hydrogen-bond acceptors (Lipinski definition) is 4.